The molecule has 1 aromatic rings. The maximum atomic E-state index is 6.38. The predicted octanol–water partition coefficient (Wildman–Crippen LogP) is 2.27. The largest absolute Gasteiger partial charge is 0.472 e. The van der Waals surface area contributed by atoms with Gasteiger partial charge >= 0.3 is 0 Å². The highest BCUT2D eigenvalue weighted by molar-refractivity contribution is 5.11. The second-order valence-corrected chi connectivity index (χ2v) is 4.65. The molecule has 16 heavy (non-hydrogen) atoms. The van der Waals surface area contributed by atoms with Gasteiger partial charge in [-0.25, -0.2) is 0 Å². The number of furan rings is 1. The first-order valence-electron chi connectivity index (χ1n) is 6.01. The van der Waals surface area contributed by atoms with E-state index in [9.17, 15) is 0 Å². The zero-order chi connectivity index (χ0) is 12.2. The van der Waals surface area contributed by atoms with E-state index in [0.29, 0.717) is 0 Å². The summed E-state index contributed by atoms with van der Waals surface area (Å²) in [7, 11) is 4.23. The molecule has 0 aliphatic rings. The van der Waals surface area contributed by atoms with Crippen molar-refractivity contribution in [3.63, 3.8) is 0 Å². The SMILES string of the molecule is CCC(CC)(C(N)Cc1ccoc1)N(C)C. The van der Waals surface area contributed by atoms with Crippen molar-refractivity contribution >= 4 is 0 Å². The lowest BCUT2D eigenvalue weighted by Crippen LogP contribution is -2.57. The van der Waals surface area contributed by atoms with Crippen molar-refractivity contribution in [2.75, 3.05) is 14.1 Å². The molecule has 1 unspecified atom stereocenters. The van der Waals surface area contributed by atoms with Crippen molar-refractivity contribution in [1.29, 1.82) is 0 Å². The van der Waals surface area contributed by atoms with Crippen molar-refractivity contribution in [2.24, 2.45) is 5.73 Å². The molecule has 0 amide bonds. The van der Waals surface area contributed by atoms with Crippen LogP contribution in [0, 0.1) is 0 Å². The molecule has 0 fully saturated rings. The number of hydrogen-bond donors (Lipinski definition) is 1. The first kappa shape index (κ1) is 13.3. The summed E-state index contributed by atoms with van der Waals surface area (Å²) >= 11 is 0. The van der Waals surface area contributed by atoms with Crippen LogP contribution in [0.5, 0.6) is 0 Å². The molecule has 1 aromatic heterocycles. The van der Waals surface area contributed by atoms with Gasteiger partial charge in [0.05, 0.1) is 12.5 Å². The average molecular weight is 224 g/mol. The van der Waals surface area contributed by atoms with Crippen LogP contribution in [-0.2, 0) is 6.42 Å². The molecule has 3 heteroatoms. The summed E-state index contributed by atoms with van der Waals surface area (Å²) in [6, 6.07) is 2.13. The average Bonchev–Trinajstić information content (AvgIpc) is 2.72. The third kappa shape index (κ3) is 2.47. The van der Waals surface area contributed by atoms with Crippen molar-refractivity contribution < 1.29 is 4.42 Å². The van der Waals surface area contributed by atoms with Gasteiger partial charge in [0.1, 0.15) is 0 Å². The Morgan fingerprint density at radius 1 is 1.38 bits per heavy atom. The van der Waals surface area contributed by atoms with Crippen LogP contribution in [0.4, 0.5) is 0 Å². The van der Waals surface area contributed by atoms with E-state index in [1.807, 2.05) is 6.07 Å². The van der Waals surface area contributed by atoms with Crippen LogP contribution in [0.3, 0.4) is 0 Å². The molecule has 0 spiro atoms. The van der Waals surface area contributed by atoms with Crippen LogP contribution < -0.4 is 5.73 Å². The Labute approximate surface area is 98.6 Å². The Morgan fingerprint density at radius 2 is 2.00 bits per heavy atom. The van der Waals surface area contributed by atoms with Gasteiger partial charge in [0.2, 0.25) is 0 Å². The fourth-order valence-corrected chi connectivity index (χ4v) is 2.59. The van der Waals surface area contributed by atoms with Crippen LogP contribution >= 0.6 is 0 Å². The molecule has 0 aromatic carbocycles. The van der Waals surface area contributed by atoms with Gasteiger partial charge < -0.3 is 15.1 Å². The molecule has 1 rings (SSSR count). The number of rotatable bonds is 6. The van der Waals surface area contributed by atoms with E-state index in [1.54, 1.807) is 12.5 Å². The van der Waals surface area contributed by atoms with Crippen LogP contribution in [0.15, 0.2) is 23.0 Å². The summed E-state index contributed by atoms with van der Waals surface area (Å²) in [4.78, 5) is 2.26. The number of likely N-dealkylation sites (N-methyl/N-ethyl adjacent to an activating group) is 1. The highest BCUT2D eigenvalue weighted by Gasteiger charge is 2.35. The lowest BCUT2D eigenvalue weighted by atomic mass is 9.81. The van der Waals surface area contributed by atoms with Crippen molar-refractivity contribution in [3.05, 3.63) is 24.2 Å². The van der Waals surface area contributed by atoms with Crippen LogP contribution in [0.25, 0.3) is 0 Å². The Kier molecular flexibility index (Phi) is 4.56. The summed E-state index contributed by atoms with van der Waals surface area (Å²) < 4.78 is 5.09. The molecule has 3 nitrogen and oxygen atoms in total. The Morgan fingerprint density at radius 3 is 2.38 bits per heavy atom. The molecule has 92 valence electrons. The summed E-state index contributed by atoms with van der Waals surface area (Å²) in [5, 5.41) is 0. The van der Waals surface area contributed by atoms with Gasteiger partial charge in [-0.3, -0.25) is 0 Å². The molecule has 0 bridgehead atoms. The minimum atomic E-state index is 0.0806. The van der Waals surface area contributed by atoms with E-state index >= 15 is 0 Å². The Balaban J connectivity index is 2.78. The number of hydrogen-bond acceptors (Lipinski definition) is 3. The monoisotopic (exact) mass is 224 g/mol. The molecule has 1 heterocycles. The first-order chi connectivity index (χ1) is 7.56. The fourth-order valence-electron chi connectivity index (χ4n) is 2.59. The van der Waals surface area contributed by atoms with Gasteiger partial charge in [-0.2, -0.15) is 0 Å². The fraction of sp³-hybridized carbons (Fsp3) is 0.692. The molecule has 0 radical (unpaired) electrons. The second kappa shape index (κ2) is 5.51. The van der Waals surface area contributed by atoms with E-state index in [4.69, 9.17) is 10.2 Å². The molecular formula is C13H24N2O. The van der Waals surface area contributed by atoms with E-state index in [2.05, 4.69) is 32.8 Å². The maximum absolute atomic E-state index is 6.38. The van der Waals surface area contributed by atoms with Crippen LogP contribution in [0.2, 0.25) is 0 Å². The normalized spacial score (nSPS) is 14.4. The molecule has 1 atom stereocenters. The highest BCUT2D eigenvalue weighted by atomic mass is 16.3. The molecule has 2 N–H and O–H groups in total. The Hall–Kier alpha value is -0.800. The highest BCUT2D eigenvalue weighted by Crippen LogP contribution is 2.26. The van der Waals surface area contributed by atoms with Crippen LogP contribution in [0.1, 0.15) is 32.3 Å². The Bertz CT molecular complexity index is 289. The van der Waals surface area contributed by atoms with E-state index in [0.717, 1.165) is 19.3 Å². The van der Waals surface area contributed by atoms with Crippen LogP contribution in [-0.4, -0.2) is 30.6 Å². The van der Waals surface area contributed by atoms with Crippen molar-refractivity contribution in [1.82, 2.24) is 4.90 Å². The van der Waals surface area contributed by atoms with E-state index in [-0.39, 0.29) is 11.6 Å². The third-order valence-electron chi connectivity index (χ3n) is 3.84. The van der Waals surface area contributed by atoms with Gasteiger partial charge in [0, 0.05) is 11.6 Å². The topological polar surface area (TPSA) is 42.4 Å². The summed E-state index contributed by atoms with van der Waals surface area (Å²) in [6.07, 6.45) is 6.49. The number of nitrogens with zero attached hydrogens (tertiary/aromatic N) is 1. The minimum absolute atomic E-state index is 0.0806. The van der Waals surface area contributed by atoms with Gasteiger partial charge in [0.15, 0.2) is 0 Å². The summed E-state index contributed by atoms with van der Waals surface area (Å²) in [6.45, 7) is 4.41. The maximum Gasteiger partial charge on any atom is 0.0935 e. The van der Waals surface area contributed by atoms with Gasteiger partial charge in [0.25, 0.3) is 0 Å². The lowest BCUT2D eigenvalue weighted by molar-refractivity contribution is 0.105. The minimum Gasteiger partial charge on any atom is -0.472 e. The van der Waals surface area contributed by atoms with E-state index < -0.39 is 0 Å². The second-order valence-electron chi connectivity index (χ2n) is 4.65. The summed E-state index contributed by atoms with van der Waals surface area (Å²) in [5.74, 6) is 0. The van der Waals surface area contributed by atoms with Gasteiger partial charge in [-0.15, -0.1) is 0 Å². The molecule has 0 saturated carbocycles. The van der Waals surface area contributed by atoms with Gasteiger partial charge in [-0.1, -0.05) is 13.8 Å². The zero-order valence-electron chi connectivity index (χ0n) is 10.9. The number of nitrogens with two attached hydrogens (primary N) is 1. The van der Waals surface area contributed by atoms with Crippen molar-refractivity contribution in [2.45, 2.75) is 44.7 Å². The zero-order valence-corrected chi connectivity index (χ0v) is 10.9. The molecule has 0 aliphatic heterocycles. The van der Waals surface area contributed by atoms with Crippen molar-refractivity contribution in [3.8, 4) is 0 Å². The lowest BCUT2D eigenvalue weighted by Gasteiger charge is -2.43. The van der Waals surface area contributed by atoms with E-state index in [1.165, 1.54) is 5.56 Å². The quantitative estimate of drug-likeness (QED) is 0.806. The van der Waals surface area contributed by atoms with Gasteiger partial charge in [-0.05, 0) is 45.0 Å². The predicted molar refractivity (Wildman–Crippen MR) is 67.4 cm³/mol. The summed E-state index contributed by atoms with van der Waals surface area (Å²) in [5.41, 5.74) is 7.64. The smallest absolute Gasteiger partial charge is 0.0935 e. The first-order valence-corrected chi connectivity index (χ1v) is 6.01. The molecule has 0 aliphatic carbocycles. The molecular weight excluding hydrogens is 200 g/mol. The third-order valence-corrected chi connectivity index (χ3v) is 3.84. The molecule has 0 saturated heterocycles. The standard InChI is InChI=1S/C13H24N2O/c1-5-13(6-2,15(3)4)12(14)9-11-7-8-16-10-11/h7-8,10,12H,5-6,9,14H2,1-4H3.